The Kier molecular flexibility index (Phi) is 8.42. The minimum atomic E-state index is -5.08. The zero-order chi connectivity index (χ0) is 26.3. The van der Waals surface area contributed by atoms with Gasteiger partial charge in [-0.1, -0.05) is 12.1 Å². The smallest absolute Gasteiger partial charge is 0.475 e. The summed E-state index contributed by atoms with van der Waals surface area (Å²) in [6.45, 7) is 2.04. The number of piperidine rings is 1. The van der Waals surface area contributed by atoms with Crippen LogP contribution in [0.4, 0.5) is 24.5 Å². The molecule has 1 aliphatic rings. The molecule has 1 aromatic carbocycles. The number of hydrogen-bond acceptors (Lipinski definition) is 6. The fourth-order valence-electron chi connectivity index (χ4n) is 3.42. The van der Waals surface area contributed by atoms with Gasteiger partial charge in [0.05, 0.1) is 23.6 Å². The number of rotatable bonds is 4. The number of anilines is 2. The third kappa shape index (κ3) is 7.40. The van der Waals surface area contributed by atoms with E-state index in [9.17, 15) is 22.8 Å². The highest BCUT2D eigenvalue weighted by Crippen LogP contribution is 2.23. The lowest BCUT2D eigenvalue weighted by molar-refractivity contribution is -0.192. The number of nitrogens with zero attached hydrogens (tertiary/aromatic N) is 4. The van der Waals surface area contributed by atoms with Gasteiger partial charge in [-0.2, -0.15) is 23.4 Å². The molecular formula is C22H24F3N7O4. The van der Waals surface area contributed by atoms with Gasteiger partial charge in [0.1, 0.15) is 0 Å². The molecule has 1 saturated heterocycles. The highest BCUT2D eigenvalue weighted by atomic mass is 19.4. The maximum Gasteiger partial charge on any atom is 0.490 e. The molecule has 2 amide bonds. The molecule has 0 spiro atoms. The number of H-pyrrole nitrogens is 1. The number of nitrogens with one attached hydrogen (secondary N) is 3. The Hall–Kier alpha value is -4.20. The average Bonchev–Trinajstić information content (AvgIpc) is 3.52. The van der Waals surface area contributed by atoms with E-state index < -0.39 is 24.0 Å². The number of halogens is 3. The Balaban J connectivity index is 0.000000454. The standard InChI is InChI=1S/C20H23N7O2.C2HF3O2/c1-26-9-6-17(7-10-26)27-13-16(12-22-27)24-20(29)19(28)23-15-4-2-3-14(11-15)18-5-8-21-25-18;3-2(4,5)1(6)7/h2-5,8,11-13,17H,6-7,9-10H2,1H3,(H,21,25)(H,23,28)(H,24,29);(H,6,7). The van der Waals surface area contributed by atoms with Crippen molar-refractivity contribution in [1.82, 2.24) is 24.9 Å². The van der Waals surface area contributed by atoms with E-state index in [1.54, 1.807) is 36.8 Å². The molecule has 1 aliphatic heterocycles. The van der Waals surface area contributed by atoms with Gasteiger partial charge in [-0.3, -0.25) is 19.4 Å². The van der Waals surface area contributed by atoms with Crippen molar-refractivity contribution in [2.24, 2.45) is 0 Å². The van der Waals surface area contributed by atoms with Crippen molar-refractivity contribution in [3.63, 3.8) is 0 Å². The molecule has 0 saturated carbocycles. The summed E-state index contributed by atoms with van der Waals surface area (Å²) in [5.41, 5.74) is 2.72. The number of carboxylic acid groups (broad SMARTS) is 1. The molecule has 0 bridgehead atoms. The third-order valence-electron chi connectivity index (χ3n) is 5.30. The summed E-state index contributed by atoms with van der Waals surface area (Å²) < 4.78 is 33.6. The van der Waals surface area contributed by atoms with E-state index in [1.807, 2.05) is 16.8 Å². The van der Waals surface area contributed by atoms with Gasteiger partial charge in [0.25, 0.3) is 0 Å². The van der Waals surface area contributed by atoms with Crippen molar-refractivity contribution < 1.29 is 32.7 Å². The number of aliphatic carboxylic acids is 1. The van der Waals surface area contributed by atoms with Crippen molar-refractivity contribution in [3.8, 4) is 11.3 Å². The number of amides is 2. The second kappa shape index (κ2) is 11.5. The van der Waals surface area contributed by atoms with Crippen LogP contribution in [-0.4, -0.2) is 74.1 Å². The first-order chi connectivity index (χ1) is 17.0. The fraction of sp³-hybridized carbons (Fsp3) is 0.318. The van der Waals surface area contributed by atoms with Crippen LogP contribution in [0.15, 0.2) is 48.9 Å². The highest BCUT2D eigenvalue weighted by molar-refractivity contribution is 6.43. The third-order valence-corrected chi connectivity index (χ3v) is 5.30. The largest absolute Gasteiger partial charge is 0.490 e. The van der Waals surface area contributed by atoms with Crippen LogP contribution in [0, 0.1) is 0 Å². The number of likely N-dealkylation sites (tertiary alicyclic amines) is 1. The van der Waals surface area contributed by atoms with Gasteiger partial charge in [-0.25, -0.2) is 4.79 Å². The van der Waals surface area contributed by atoms with Crippen molar-refractivity contribution in [2.45, 2.75) is 25.1 Å². The van der Waals surface area contributed by atoms with Crippen LogP contribution in [0.2, 0.25) is 0 Å². The predicted molar refractivity (Wildman–Crippen MR) is 123 cm³/mol. The van der Waals surface area contributed by atoms with Crippen molar-refractivity contribution >= 4 is 29.2 Å². The summed E-state index contributed by atoms with van der Waals surface area (Å²) in [6.07, 6.45) is 1.94. The summed E-state index contributed by atoms with van der Waals surface area (Å²) in [6, 6.07) is 9.34. The minimum Gasteiger partial charge on any atom is -0.475 e. The van der Waals surface area contributed by atoms with Crippen molar-refractivity contribution in [1.29, 1.82) is 0 Å². The Morgan fingerprint density at radius 1 is 1.08 bits per heavy atom. The number of aromatic nitrogens is 4. The number of benzene rings is 1. The topological polar surface area (TPSA) is 145 Å². The number of hydrogen-bond donors (Lipinski definition) is 4. The molecule has 0 atom stereocenters. The lowest BCUT2D eigenvalue weighted by Gasteiger charge is -2.28. The van der Waals surface area contributed by atoms with E-state index in [-0.39, 0.29) is 0 Å². The van der Waals surface area contributed by atoms with Gasteiger partial charge < -0.3 is 20.6 Å². The second-order valence-corrected chi connectivity index (χ2v) is 8.01. The van der Waals surface area contributed by atoms with Gasteiger partial charge in [0, 0.05) is 23.6 Å². The van der Waals surface area contributed by atoms with Crippen LogP contribution in [0.1, 0.15) is 18.9 Å². The maximum atomic E-state index is 12.3. The molecule has 36 heavy (non-hydrogen) atoms. The average molecular weight is 507 g/mol. The lowest BCUT2D eigenvalue weighted by Crippen LogP contribution is -2.31. The zero-order valence-electron chi connectivity index (χ0n) is 19.1. The molecular weight excluding hydrogens is 483 g/mol. The normalized spacial score (nSPS) is 14.4. The maximum absolute atomic E-state index is 12.3. The molecule has 4 rings (SSSR count). The summed E-state index contributed by atoms with van der Waals surface area (Å²) in [5.74, 6) is -4.23. The molecule has 0 radical (unpaired) electrons. The number of carboxylic acids is 1. The van der Waals surface area contributed by atoms with Gasteiger partial charge in [-0.05, 0) is 51.2 Å². The highest BCUT2D eigenvalue weighted by Gasteiger charge is 2.38. The fourth-order valence-corrected chi connectivity index (χ4v) is 3.42. The van der Waals surface area contributed by atoms with E-state index in [2.05, 4.69) is 37.9 Å². The number of alkyl halides is 3. The van der Waals surface area contributed by atoms with Crippen molar-refractivity contribution in [2.75, 3.05) is 30.8 Å². The molecule has 192 valence electrons. The first-order valence-electron chi connectivity index (χ1n) is 10.8. The quantitative estimate of drug-likeness (QED) is 0.397. The van der Waals surface area contributed by atoms with E-state index in [4.69, 9.17) is 9.90 Å². The number of carbonyl (C=O) groups excluding carboxylic acids is 2. The summed E-state index contributed by atoms with van der Waals surface area (Å²) in [4.78, 5) is 35.7. The molecule has 0 unspecified atom stereocenters. The van der Waals surface area contributed by atoms with Crippen LogP contribution in [0.25, 0.3) is 11.3 Å². The Labute approximate surface area is 203 Å². The molecule has 2 aromatic heterocycles. The first-order valence-corrected chi connectivity index (χ1v) is 10.8. The Bertz CT molecular complexity index is 1190. The van der Waals surface area contributed by atoms with Crippen LogP contribution < -0.4 is 10.6 Å². The van der Waals surface area contributed by atoms with Crippen LogP contribution in [0.5, 0.6) is 0 Å². The van der Waals surface area contributed by atoms with Crippen LogP contribution in [-0.2, 0) is 14.4 Å². The second-order valence-electron chi connectivity index (χ2n) is 8.01. The minimum absolute atomic E-state index is 0.316. The first kappa shape index (κ1) is 26.4. The van der Waals surface area contributed by atoms with Crippen LogP contribution in [0.3, 0.4) is 0 Å². The SMILES string of the molecule is CN1CCC(n2cc(NC(=O)C(=O)Nc3cccc(-c4ccn[nH]4)c3)cn2)CC1.O=C(O)C(F)(F)F. The summed E-state index contributed by atoms with van der Waals surface area (Å²) in [5, 5.41) is 23.5. The van der Waals surface area contributed by atoms with Gasteiger partial charge in [0.15, 0.2) is 0 Å². The van der Waals surface area contributed by atoms with Gasteiger partial charge >= 0.3 is 24.0 Å². The van der Waals surface area contributed by atoms with E-state index in [0.717, 1.165) is 37.2 Å². The molecule has 0 aliphatic carbocycles. The van der Waals surface area contributed by atoms with Gasteiger partial charge in [0.2, 0.25) is 0 Å². The molecule has 14 heteroatoms. The van der Waals surface area contributed by atoms with E-state index in [1.165, 1.54) is 0 Å². The van der Waals surface area contributed by atoms with Crippen molar-refractivity contribution in [3.05, 3.63) is 48.9 Å². The molecule has 11 nitrogen and oxygen atoms in total. The monoisotopic (exact) mass is 507 g/mol. The lowest BCUT2D eigenvalue weighted by atomic mass is 10.1. The number of carbonyl (C=O) groups is 3. The van der Waals surface area contributed by atoms with Gasteiger partial charge in [-0.15, -0.1) is 0 Å². The molecule has 4 N–H and O–H groups in total. The predicted octanol–water partition coefficient (Wildman–Crippen LogP) is 2.75. The summed E-state index contributed by atoms with van der Waals surface area (Å²) >= 11 is 0. The number of aromatic amines is 1. The zero-order valence-corrected chi connectivity index (χ0v) is 19.1. The molecule has 3 aromatic rings. The summed E-state index contributed by atoms with van der Waals surface area (Å²) in [7, 11) is 2.11. The van der Waals surface area contributed by atoms with Crippen LogP contribution >= 0.6 is 0 Å². The molecule has 1 fully saturated rings. The van der Waals surface area contributed by atoms with E-state index >= 15 is 0 Å². The van der Waals surface area contributed by atoms with E-state index in [0.29, 0.717) is 17.4 Å². The molecule has 3 heterocycles. The Morgan fingerprint density at radius 2 is 1.72 bits per heavy atom. The Morgan fingerprint density at radius 3 is 2.31 bits per heavy atom.